The van der Waals surface area contributed by atoms with Gasteiger partial charge in [0.25, 0.3) is 0 Å². The first-order valence-electron chi connectivity index (χ1n) is 5.84. The fourth-order valence-electron chi connectivity index (χ4n) is 2.82. The van der Waals surface area contributed by atoms with Crippen molar-refractivity contribution in [1.29, 1.82) is 0 Å². The van der Waals surface area contributed by atoms with Gasteiger partial charge in [0.15, 0.2) is 0 Å². The molecular formula is C15H16N2. The van der Waals surface area contributed by atoms with E-state index in [-0.39, 0.29) is 0 Å². The molecule has 0 heterocycles. The number of nitrogens with two attached hydrogens (primary N) is 2. The highest BCUT2D eigenvalue weighted by molar-refractivity contribution is 5.83. The molecule has 0 saturated carbocycles. The maximum absolute atomic E-state index is 5.93. The summed E-state index contributed by atoms with van der Waals surface area (Å²) >= 11 is 0. The molecule has 86 valence electrons. The van der Waals surface area contributed by atoms with Gasteiger partial charge in [-0.25, -0.2) is 0 Å². The Hall–Kier alpha value is -1.96. The average molecular weight is 224 g/mol. The second-order valence-corrected chi connectivity index (χ2v) is 4.90. The van der Waals surface area contributed by atoms with Crippen molar-refractivity contribution in [2.75, 3.05) is 11.5 Å². The van der Waals surface area contributed by atoms with Crippen LogP contribution in [0.15, 0.2) is 24.3 Å². The molecule has 4 N–H and O–H groups in total. The molecule has 1 aliphatic carbocycles. The fraction of sp³-hybridized carbons (Fsp3) is 0.200. The van der Waals surface area contributed by atoms with E-state index >= 15 is 0 Å². The molecule has 2 aromatic rings. The summed E-state index contributed by atoms with van der Waals surface area (Å²) in [5.41, 5.74) is 21.4. The van der Waals surface area contributed by atoms with Crippen molar-refractivity contribution in [1.82, 2.24) is 0 Å². The number of hydrogen-bond donors (Lipinski definition) is 2. The average Bonchev–Trinajstić information content (AvgIpc) is 2.58. The van der Waals surface area contributed by atoms with E-state index < -0.39 is 0 Å². The molecule has 2 heteroatoms. The van der Waals surface area contributed by atoms with Crippen LogP contribution in [0, 0.1) is 13.8 Å². The molecule has 2 nitrogen and oxygen atoms in total. The van der Waals surface area contributed by atoms with Crippen LogP contribution in [-0.4, -0.2) is 0 Å². The van der Waals surface area contributed by atoms with Crippen LogP contribution in [0.5, 0.6) is 0 Å². The highest BCUT2D eigenvalue weighted by Crippen LogP contribution is 2.41. The molecule has 0 unspecified atom stereocenters. The van der Waals surface area contributed by atoms with Gasteiger partial charge in [0.2, 0.25) is 0 Å². The predicted molar refractivity (Wildman–Crippen MR) is 73.0 cm³/mol. The van der Waals surface area contributed by atoms with Gasteiger partial charge in [-0.05, 0) is 77.9 Å². The number of fused-ring (bicyclic) bond motifs is 3. The quantitative estimate of drug-likeness (QED) is 0.577. The van der Waals surface area contributed by atoms with Gasteiger partial charge < -0.3 is 11.5 Å². The number of anilines is 2. The third kappa shape index (κ3) is 1.41. The molecule has 0 aromatic heterocycles. The standard InChI is InChI=1S/C15H16N2/c1-8-3-10(16)5-14-12(8)7-13-9(2)4-11(17)6-15(13)14/h3-6H,7,16-17H2,1-2H3. The van der Waals surface area contributed by atoms with Gasteiger partial charge in [0.05, 0.1) is 0 Å². The van der Waals surface area contributed by atoms with E-state index in [9.17, 15) is 0 Å². The monoisotopic (exact) mass is 224 g/mol. The molecule has 0 fully saturated rings. The van der Waals surface area contributed by atoms with E-state index in [1.54, 1.807) is 0 Å². The molecule has 0 saturated heterocycles. The lowest BCUT2D eigenvalue weighted by Crippen LogP contribution is -1.91. The molecular weight excluding hydrogens is 208 g/mol. The van der Waals surface area contributed by atoms with E-state index in [0.29, 0.717) is 0 Å². The number of rotatable bonds is 0. The molecule has 17 heavy (non-hydrogen) atoms. The summed E-state index contributed by atoms with van der Waals surface area (Å²) in [6.45, 7) is 4.25. The third-order valence-electron chi connectivity index (χ3n) is 3.63. The van der Waals surface area contributed by atoms with Gasteiger partial charge in [0.1, 0.15) is 0 Å². The summed E-state index contributed by atoms with van der Waals surface area (Å²) in [5, 5.41) is 0. The van der Waals surface area contributed by atoms with Crippen LogP contribution in [0.1, 0.15) is 22.3 Å². The zero-order chi connectivity index (χ0) is 12.2. The first-order chi connectivity index (χ1) is 8.06. The summed E-state index contributed by atoms with van der Waals surface area (Å²) in [6, 6.07) is 8.22. The Kier molecular flexibility index (Phi) is 1.96. The Balaban J connectivity index is 2.34. The van der Waals surface area contributed by atoms with Crippen molar-refractivity contribution in [3.05, 3.63) is 46.5 Å². The highest BCUT2D eigenvalue weighted by Gasteiger charge is 2.22. The Labute approximate surface area is 101 Å². The summed E-state index contributed by atoms with van der Waals surface area (Å²) < 4.78 is 0. The van der Waals surface area contributed by atoms with Crippen LogP contribution in [-0.2, 0) is 6.42 Å². The van der Waals surface area contributed by atoms with E-state index in [4.69, 9.17) is 11.5 Å². The van der Waals surface area contributed by atoms with Crippen LogP contribution in [0.4, 0.5) is 11.4 Å². The van der Waals surface area contributed by atoms with Crippen LogP contribution in [0.3, 0.4) is 0 Å². The summed E-state index contributed by atoms with van der Waals surface area (Å²) in [4.78, 5) is 0. The number of aryl methyl sites for hydroxylation is 2. The van der Waals surface area contributed by atoms with Gasteiger partial charge in [-0.2, -0.15) is 0 Å². The van der Waals surface area contributed by atoms with Crippen molar-refractivity contribution in [3.8, 4) is 11.1 Å². The van der Waals surface area contributed by atoms with Crippen LogP contribution < -0.4 is 11.5 Å². The zero-order valence-corrected chi connectivity index (χ0v) is 10.2. The van der Waals surface area contributed by atoms with Crippen LogP contribution in [0.2, 0.25) is 0 Å². The summed E-state index contributed by atoms with van der Waals surface area (Å²) in [5.74, 6) is 0. The van der Waals surface area contributed by atoms with Crippen molar-refractivity contribution < 1.29 is 0 Å². The van der Waals surface area contributed by atoms with Gasteiger partial charge in [-0.3, -0.25) is 0 Å². The van der Waals surface area contributed by atoms with E-state index in [1.807, 2.05) is 12.1 Å². The minimum Gasteiger partial charge on any atom is -0.399 e. The smallest absolute Gasteiger partial charge is 0.0323 e. The Bertz CT molecular complexity index is 572. The Morgan fingerprint density at radius 2 is 1.18 bits per heavy atom. The second-order valence-electron chi connectivity index (χ2n) is 4.90. The van der Waals surface area contributed by atoms with E-state index in [1.165, 1.54) is 33.4 Å². The Morgan fingerprint density at radius 1 is 0.765 bits per heavy atom. The van der Waals surface area contributed by atoms with Crippen molar-refractivity contribution in [3.63, 3.8) is 0 Å². The minimum atomic E-state index is 0.828. The summed E-state index contributed by atoms with van der Waals surface area (Å²) in [7, 11) is 0. The largest absolute Gasteiger partial charge is 0.399 e. The zero-order valence-electron chi connectivity index (χ0n) is 10.2. The third-order valence-corrected chi connectivity index (χ3v) is 3.63. The molecule has 2 aromatic carbocycles. The number of nitrogen functional groups attached to an aromatic ring is 2. The maximum atomic E-state index is 5.93. The lowest BCUT2D eigenvalue weighted by molar-refractivity contribution is 1.19. The van der Waals surface area contributed by atoms with Crippen LogP contribution in [0.25, 0.3) is 11.1 Å². The first kappa shape index (κ1) is 10.2. The molecule has 0 atom stereocenters. The topological polar surface area (TPSA) is 52.0 Å². The molecule has 0 aliphatic heterocycles. The molecule has 0 bridgehead atoms. The SMILES string of the molecule is Cc1cc(N)cc2c1Cc1c(C)cc(N)cc1-2. The first-order valence-corrected chi connectivity index (χ1v) is 5.84. The lowest BCUT2D eigenvalue weighted by Gasteiger charge is -2.07. The molecule has 0 radical (unpaired) electrons. The normalized spacial score (nSPS) is 12.4. The predicted octanol–water partition coefficient (Wildman–Crippen LogP) is 3.04. The minimum absolute atomic E-state index is 0.828. The number of hydrogen-bond acceptors (Lipinski definition) is 2. The molecule has 0 amide bonds. The van der Waals surface area contributed by atoms with Crippen molar-refractivity contribution in [2.24, 2.45) is 0 Å². The van der Waals surface area contributed by atoms with Gasteiger partial charge in [-0.1, -0.05) is 0 Å². The number of benzene rings is 2. The van der Waals surface area contributed by atoms with Crippen molar-refractivity contribution >= 4 is 11.4 Å². The van der Waals surface area contributed by atoms with Crippen molar-refractivity contribution in [2.45, 2.75) is 20.3 Å². The molecule has 0 spiro atoms. The molecule has 3 rings (SSSR count). The fourth-order valence-corrected chi connectivity index (χ4v) is 2.82. The van der Waals surface area contributed by atoms with E-state index in [2.05, 4.69) is 26.0 Å². The van der Waals surface area contributed by atoms with E-state index in [0.717, 1.165) is 17.8 Å². The maximum Gasteiger partial charge on any atom is 0.0323 e. The van der Waals surface area contributed by atoms with Gasteiger partial charge in [0, 0.05) is 11.4 Å². The Morgan fingerprint density at radius 3 is 1.59 bits per heavy atom. The highest BCUT2D eigenvalue weighted by atomic mass is 14.6. The second kappa shape index (κ2) is 3.27. The molecule has 1 aliphatic rings. The van der Waals surface area contributed by atoms with Crippen LogP contribution >= 0.6 is 0 Å². The lowest BCUT2D eigenvalue weighted by atomic mass is 10.0. The van der Waals surface area contributed by atoms with Gasteiger partial charge >= 0.3 is 0 Å². The summed E-state index contributed by atoms with van der Waals surface area (Å²) in [6.07, 6.45) is 1.00. The van der Waals surface area contributed by atoms with Gasteiger partial charge in [-0.15, -0.1) is 0 Å².